The molecule has 3 aromatic rings. The molecule has 2 aromatic carbocycles. The molecule has 0 spiro atoms. The van der Waals surface area contributed by atoms with Crippen molar-refractivity contribution in [1.29, 1.82) is 0 Å². The minimum atomic E-state index is -0.596. The lowest BCUT2D eigenvalue weighted by Crippen LogP contribution is -2.43. The summed E-state index contributed by atoms with van der Waals surface area (Å²) in [6.45, 7) is 9.31. The van der Waals surface area contributed by atoms with Crippen LogP contribution in [0.25, 0.3) is 6.08 Å². The number of aromatic nitrogens is 1. The fourth-order valence-electron chi connectivity index (χ4n) is 4.26. The van der Waals surface area contributed by atoms with Gasteiger partial charge in [0.15, 0.2) is 4.80 Å². The van der Waals surface area contributed by atoms with Gasteiger partial charge in [-0.05, 0) is 57.5 Å². The van der Waals surface area contributed by atoms with Crippen molar-refractivity contribution in [2.75, 3.05) is 19.7 Å². The lowest BCUT2D eigenvalue weighted by molar-refractivity contribution is -0.127. The van der Waals surface area contributed by atoms with Gasteiger partial charge in [-0.1, -0.05) is 53.3 Å². The van der Waals surface area contributed by atoms with E-state index in [1.165, 1.54) is 11.3 Å². The number of carbonyl (C=O) groups excluding carboxylic acids is 1. The second-order valence-electron chi connectivity index (χ2n) is 8.08. The highest BCUT2D eigenvalue weighted by Gasteiger charge is 2.34. The number of carbonyl (C=O) groups is 1. The van der Waals surface area contributed by atoms with Gasteiger partial charge in [-0.15, -0.1) is 0 Å². The first-order valence-corrected chi connectivity index (χ1v) is 12.9. The highest BCUT2D eigenvalue weighted by molar-refractivity contribution is 7.07. The number of nitrogens with zero attached hydrogens (tertiary/aromatic N) is 3. The molecule has 0 fully saturated rings. The average Bonchev–Trinajstić information content (AvgIpc) is 3.15. The average molecular weight is 510 g/mol. The summed E-state index contributed by atoms with van der Waals surface area (Å²) < 4.78 is 7.90. The lowest BCUT2D eigenvalue weighted by Gasteiger charge is -2.29. The number of fused-ring (bicyclic) bond motifs is 1. The number of halogens is 1. The van der Waals surface area contributed by atoms with E-state index in [0.29, 0.717) is 51.1 Å². The van der Waals surface area contributed by atoms with Crippen LogP contribution in [-0.2, 0) is 4.79 Å². The monoisotopic (exact) mass is 509 g/mol. The molecular weight excluding hydrogens is 482 g/mol. The number of allylic oxidation sites excluding steroid dienone is 1. The molecule has 35 heavy (non-hydrogen) atoms. The third-order valence-electron chi connectivity index (χ3n) is 5.99. The van der Waals surface area contributed by atoms with Gasteiger partial charge in [0.05, 0.1) is 28.5 Å². The minimum Gasteiger partial charge on any atom is -0.493 e. The summed E-state index contributed by atoms with van der Waals surface area (Å²) in [5, 5.41) is 0.589. The van der Waals surface area contributed by atoms with Crippen molar-refractivity contribution < 1.29 is 9.53 Å². The fourth-order valence-corrected chi connectivity index (χ4v) is 5.43. The molecule has 0 aliphatic carbocycles. The van der Waals surface area contributed by atoms with Gasteiger partial charge in [-0.25, -0.2) is 4.99 Å². The van der Waals surface area contributed by atoms with E-state index in [9.17, 15) is 9.59 Å². The largest absolute Gasteiger partial charge is 0.493 e. The number of hydrogen-bond acceptors (Lipinski definition) is 5. The summed E-state index contributed by atoms with van der Waals surface area (Å²) in [6.07, 6.45) is 1.83. The van der Waals surface area contributed by atoms with Gasteiger partial charge in [0.25, 0.3) is 11.5 Å². The van der Waals surface area contributed by atoms with Gasteiger partial charge in [0.1, 0.15) is 5.75 Å². The maximum absolute atomic E-state index is 13.8. The molecule has 1 aromatic heterocycles. The summed E-state index contributed by atoms with van der Waals surface area (Å²) in [4.78, 5) is 34.4. The van der Waals surface area contributed by atoms with Crippen LogP contribution in [0.4, 0.5) is 0 Å². The predicted octanol–water partition coefficient (Wildman–Crippen LogP) is 4.16. The van der Waals surface area contributed by atoms with E-state index >= 15 is 0 Å². The van der Waals surface area contributed by atoms with Crippen LogP contribution < -0.4 is 19.6 Å². The Morgan fingerprint density at radius 2 is 1.83 bits per heavy atom. The second-order valence-corrected chi connectivity index (χ2v) is 9.53. The Kier molecular flexibility index (Phi) is 7.57. The van der Waals surface area contributed by atoms with Gasteiger partial charge in [0.2, 0.25) is 0 Å². The molecular formula is C27H28ClN3O3S. The van der Waals surface area contributed by atoms with Crippen molar-refractivity contribution in [1.82, 2.24) is 9.47 Å². The standard InChI is InChI=1S/C27H28ClN3O3S/c1-5-30(6-2)26(33)23-17(4)29-27-31(24(23)18-12-14-20(28)15-13-18)25(32)22(35-27)16-19-10-8-9-11-21(19)34-7-3/h8-16,24H,5-7H2,1-4H3. The molecule has 1 atom stereocenters. The molecule has 2 heterocycles. The fraction of sp³-hybridized carbons (Fsp3) is 0.296. The molecule has 8 heteroatoms. The Morgan fingerprint density at radius 1 is 1.14 bits per heavy atom. The van der Waals surface area contributed by atoms with Crippen molar-refractivity contribution in [3.8, 4) is 5.75 Å². The molecule has 0 saturated carbocycles. The zero-order valence-corrected chi connectivity index (χ0v) is 21.8. The van der Waals surface area contributed by atoms with E-state index in [1.54, 1.807) is 21.6 Å². The summed E-state index contributed by atoms with van der Waals surface area (Å²) in [5.41, 5.74) is 2.55. The number of rotatable bonds is 7. The summed E-state index contributed by atoms with van der Waals surface area (Å²) in [7, 11) is 0. The molecule has 0 saturated heterocycles. The van der Waals surface area contributed by atoms with Crippen molar-refractivity contribution in [2.24, 2.45) is 4.99 Å². The molecule has 1 aliphatic heterocycles. The predicted molar refractivity (Wildman–Crippen MR) is 141 cm³/mol. The first-order valence-electron chi connectivity index (χ1n) is 11.7. The van der Waals surface area contributed by atoms with Crippen molar-refractivity contribution >= 4 is 34.9 Å². The van der Waals surface area contributed by atoms with Crippen LogP contribution in [0.15, 0.2) is 69.6 Å². The normalized spacial score (nSPS) is 15.6. The number of likely N-dealkylation sites (N-methyl/N-ethyl adjacent to an activating group) is 1. The number of hydrogen-bond donors (Lipinski definition) is 0. The molecule has 0 bridgehead atoms. The number of para-hydroxylation sites is 1. The van der Waals surface area contributed by atoms with Gasteiger partial charge >= 0.3 is 0 Å². The van der Waals surface area contributed by atoms with E-state index in [2.05, 4.69) is 0 Å². The third-order valence-corrected chi connectivity index (χ3v) is 7.23. The second kappa shape index (κ2) is 10.6. The van der Waals surface area contributed by atoms with Crippen molar-refractivity contribution in [2.45, 2.75) is 33.7 Å². The van der Waals surface area contributed by atoms with Crippen LogP contribution in [0.2, 0.25) is 5.02 Å². The molecule has 1 aliphatic rings. The molecule has 182 valence electrons. The smallest absolute Gasteiger partial charge is 0.271 e. The zero-order chi connectivity index (χ0) is 25.1. The Morgan fingerprint density at radius 3 is 2.49 bits per heavy atom. The molecule has 0 radical (unpaired) electrons. The Labute approximate surface area is 213 Å². The Hall–Kier alpha value is -3.16. The minimum absolute atomic E-state index is 0.118. The highest BCUT2D eigenvalue weighted by Crippen LogP contribution is 2.32. The number of benzene rings is 2. The topological polar surface area (TPSA) is 63.9 Å². The summed E-state index contributed by atoms with van der Waals surface area (Å²) >= 11 is 7.46. The maximum Gasteiger partial charge on any atom is 0.271 e. The van der Waals surface area contributed by atoms with Crippen LogP contribution in [0, 0.1) is 0 Å². The van der Waals surface area contributed by atoms with Gasteiger partial charge in [-0.2, -0.15) is 0 Å². The van der Waals surface area contributed by atoms with E-state index < -0.39 is 6.04 Å². The number of amides is 1. The van der Waals surface area contributed by atoms with Crippen LogP contribution in [0.5, 0.6) is 5.75 Å². The number of thiazole rings is 1. The lowest BCUT2D eigenvalue weighted by atomic mass is 9.94. The highest BCUT2D eigenvalue weighted by atomic mass is 35.5. The van der Waals surface area contributed by atoms with Crippen LogP contribution >= 0.6 is 22.9 Å². The zero-order valence-electron chi connectivity index (χ0n) is 20.2. The van der Waals surface area contributed by atoms with E-state index in [-0.39, 0.29) is 11.5 Å². The molecule has 4 rings (SSSR count). The molecule has 1 amide bonds. The van der Waals surface area contributed by atoms with Crippen molar-refractivity contribution in [3.05, 3.63) is 95.6 Å². The van der Waals surface area contributed by atoms with E-state index in [1.807, 2.05) is 70.2 Å². The molecule has 6 nitrogen and oxygen atoms in total. The van der Waals surface area contributed by atoms with E-state index in [0.717, 1.165) is 11.1 Å². The first-order chi connectivity index (χ1) is 16.9. The van der Waals surface area contributed by atoms with Crippen LogP contribution in [-0.4, -0.2) is 35.1 Å². The number of ether oxygens (including phenoxy) is 1. The van der Waals surface area contributed by atoms with Crippen LogP contribution in [0.1, 0.15) is 44.9 Å². The molecule has 1 unspecified atom stereocenters. The first kappa shape index (κ1) is 24.9. The quantitative estimate of drug-likeness (QED) is 0.480. The Balaban J connectivity index is 1.95. The third kappa shape index (κ3) is 4.83. The van der Waals surface area contributed by atoms with Gasteiger partial charge in [-0.3, -0.25) is 14.2 Å². The van der Waals surface area contributed by atoms with E-state index in [4.69, 9.17) is 21.3 Å². The SMILES string of the molecule is CCOc1ccccc1C=c1sc2n(c1=O)C(c1ccc(Cl)cc1)C(C(=O)N(CC)CC)=C(C)N=2. The van der Waals surface area contributed by atoms with Crippen molar-refractivity contribution in [3.63, 3.8) is 0 Å². The summed E-state index contributed by atoms with van der Waals surface area (Å²) in [6, 6.07) is 14.3. The molecule has 0 N–H and O–H groups in total. The summed E-state index contributed by atoms with van der Waals surface area (Å²) in [5.74, 6) is 0.593. The maximum atomic E-state index is 13.8. The van der Waals surface area contributed by atoms with Gasteiger partial charge in [0, 0.05) is 23.7 Å². The van der Waals surface area contributed by atoms with Crippen LogP contribution in [0.3, 0.4) is 0 Å². The Bertz CT molecular complexity index is 1450. The van der Waals surface area contributed by atoms with Gasteiger partial charge < -0.3 is 9.64 Å².